The molecular formula is C26H25N5O4. The fourth-order valence-corrected chi connectivity index (χ4v) is 4.16. The average molecular weight is 472 g/mol. The summed E-state index contributed by atoms with van der Waals surface area (Å²) in [5.74, 6) is -0.508. The molecule has 1 aromatic heterocycles. The van der Waals surface area contributed by atoms with Gasteiger partial charge >= 0.3 is 0 Å². The SMILES string of the molecule is Cc1cc(/C=C(\C#N)C(=O)Nc2ccc(N3CCOCC3)cc2)c(C)n1-c1cccc([N+](=O)[O-])c1. The summed E-state index contributed by atoms with van der Waals surface area (Å²) in [5.41, 5.74) is 4.50. The standard InChI is InChI=1S/C26H25N5O4/c1-18-14-20(19(2)30(18)24-4-3-5-25(16-24)31(33)34)15-21(17-27)26(32)28-22-6-8-23(9-7-22)29-10-12-35-13-11-29/h3-9,14-16H,10-13H2,1-2H3,(H,28,32)/b21-15+. The Balaban J connectivity index is 1.54. The number of rotatable bonds is 6. The number of nitrogens with one attached hydrogen (secondary N) is 1. The van der Waals surface area contributed by atoms with Gasteiger partial charge in [-0.2, -0.15) is 5.26 Å². The number of nitriles is 1. The number of anilines is 2. The third kappa shape index (κ3) is 5.23. The molecule has 3 aromatic rings. The molecule has 1 saturated heterocycles. The molecule has 0 unspecified atom stereocenters. The number of ether oxygens (including phenoxy) is 1. The van der Waals surface area contributed by atoms with Crippen LogP contribution in [0.2, 0.25) is 0 Å². The first-order valence-corrected chi connectivity index (χ1v) is 11.2. The molecule has 2 aromatic carbocycles. The van der Waals surface area contributed by atoms with E-state index in [0.717, 1.165) is 30.2 Å². The van der Waals surface area contributed by atoms with E-state index in [9.17, 15) is 20.2 Å². The fourth-order valence-electron chi connectivity index (χ4n) is 4.16. The lowest BCUT2D eigenvalue weighted by Crippen LogP contribution is -2.36. The van der Waals surface area contributed by atoms with Crippen molar-refractivity contribution in [3.63, 3.8) is 0 Å². The lowest BCUT2D eigenvalue weighted by atomic mass is 10.1. The van der Waals surface area contributed by atoms with E-state index in [2.05, 4.69) is 10.2 Å². The number of morpholine rings is 1. The molecule has 0 radical (unpaired) electrons. The molecule has 9 heteroatoms. The van der Waals surface area contributed by atoms with Gasteiger partial charge in [0.1, 0.15) is 11.6 Å². The van der Waals surface area contributed by atoms with E-state index < -0.39 is 10.8 Å². The maximum atomic E-state index is 12.8. The molecule has 1 fully saturated rings. The van der Waals surface area contributed by atoms with E-state index in [4.69, 9.17) is 4.74 Å². The summed E-state index contributed by atoms with van der Waals surface area (Å²) in [5, 5.41) is 23.6. The zero-order valence-corrected chi connectivity index (χ0v) is 19.5. The first kappa shape index (κ1) is 23.7. The normalized spacial score (nSPS) is 13.9. The monoisotopic (exact) mass is 471 g/mol. The summed E-state index contributed by atoms with van der Waals surface area (Å²) >= 11 is 0. The van der Waals surface area contributed by atoms with E-state index >= 15 is 0 Å². The maximum absolute atomic E-state index is 12.8. The first-order valence-electron chi connectivity index (χ1n) is 11.2. The molecule has 1 N–H and O–H groups in total. The summed E-state index contributed by atoms with van der Waals surface area (Å²) in [7, 11) is 0. The van der Waals surface area contributed by atoms with E-state index in [1.807, 2.05) is 54.8 Å². The Labute approximate surface area is 203 Å². The van der Waals surface area contributed by atoms with E-state index in [1.165, 1.54) is 18.2 Å². The maximum Gasteiger partial charge on any atom is 0.271 e. The molecule has 0 aliphatic carbocycles. The Morgan fingerprint density at radius 3 is 2.49 bits per heavy atom. The zero-order chi connectivity index (χ0) is 24.9. The van der Waals surface area contributed by atoms with Crippen LogP contribution in [0.4, 0.5) is 17.1 Å². The van der Waals surface area contributed by atoms with Crippen LogP contribution in [0.3, 0.4) is 0 Å². The Morgan fingerprint density at radius 2 is 1.83 bits per heavy atom. The molecule has 0 saturated carbocycles. The van der Waals surface area contributed by atoms with Crippen molar-refractivity contribution in [1.82, 2.24) is 4.57 Å². The molecular weight excluding hydrogens is 446 g/mol. The predicted molar refractivity (Wildman–Crippen MR) is 134 cm³/mol. The number of aryl methyl sites for hydroxylation is 1. The molecule has 0 spiro atoms. The molecule has 0 bridgehead atoms. The molecule has 1 aliphatic heterocycles. The van der Waals surface area contributed by atoms with Crippen molar-refractivity contribution >= 4 is 29.0 Å². The van der Waals surface area contributed by atoms with E-state index in [1.54, 1.807) is 12.1 Å². The molecule has 4 rings (SSSR count). The predicted octanol–water partition coefficient (Wildman–Crippen LogP) is 4.38. The summed E-state index contributed by atoms with van der Waals surface area (Å²) in [4.78, 5) is 25.8. The number of hydrogen-bond donors (Lipinski definition) is 1. The lowest BCUT2D eigenvalue weighted by Gasteiger charge is -2.28. The van der Waals surface area contributed by atoms with Crippen LogP contribution in [0.15, 0.2) is 60.2 Å². The van der Waals surface area contributed by atoms with Crippen LogP contribution >= 0.6 is 0 Å². The second kappa shape index (κ2) is 10.2. The average Bonchev–Trinajstić information content (AvgIpc) is 3.15. The van der Waals surface area contributed by atoms with Crippen LogP contribution < -0.4 is 10.2 Å². The summed E-state index contributed by atoms with van der Waals surface area (Å²) < 4.78 is 7.24. The van der Waals surface area contributed by atoms with Gasteiger partial charge in [0, 0.05) is 48.0 Å². The van der Waals surface area contributed by atoms with Gasteiger partial charge in [-0.05, 0) is 61.9 Å². The number of hydrogen-bond acceptors (Lipinski definition) is 6. The lowest BCUT2D eigenvalue weighted by molar-refractivity contribution is -0.384. The van der Waals surface area contributed by atoms with Crippen molar-refractivity contribution in [2.45, 2.75) is 13.8 Å². The number of carbonyl (C=O) groups is 1. The Morgan fingerprint density at radius 1 is 1.11 bits per heavy atom. The number of nitro benzene ring substituents is 1. The fraction of sp³-hybridized carbons (Fsp3) is 0.231. The smallest absolute Gasteiger partial charge is 0.271 e. The summed E-state index contributed by atoms with van der Waals surface area (Å²) in [6.45, 7) is 6.73. The van der Waals surface area contributed by atoms with Gasteiger partial charge in [-0.25, -0.2) is 0 Å². The van der Waals surface area contributed by atoms with Crippen molar-refractivity contribution < 1.29 is 14.5 Å². The molecule has 0 atom stereocenters. The Kier molecular flexibility index (Phi) is 6.94. The van der Waals surface area contributed by atoms with Gasteiger partial charge < -0.3 is 19.5 Å². The van der Waals surface area contributed by atoms with Crippen LogP contribution in [0.25, 0.3) is 11.8 Å². The van der Waals surface area contributed by atoms with Crippen molar-refractivity contribution in [2.24, 2.45) is 0 Å². The second-order valence-corrected chi connectivity index (χ2v) is 8.21. The van der Waals surface area contributed by atoms with E-state index in [-0.39, 0.29) is 11.3 Å². The van der Waals surface area contributed by atoms with Crippen molar-refractivity contribution in [2.75, 3.05) is 36.5 Å². The third-order valence-corrected chi connectivity index (χ3v) is 5.94. The van der Waals surface area contributed by atoms with Gasteiger partial charge in [-0.15, -0.1) is 0 Å². The third-order valence-electron chi connectivity index (χ3n) is 5.94. The minimum absolute atomic E-state index is 0.0103. The zero-order valence-electron chi connectivity index (χ0n) is 19.5. The quantitative estimate of drug-likeness (QED) is 0.247. The van der Waals surface area contributed by atoms with Crippen molar-refractivity contribution in [3.8, 4) is 11.8 Å². The van der Waals surface area contributed by atoms with Gasteiger partial charge in [-0.3, -0.25) is 14.9 Å². The largest absolute Gasteiger partial charge is 0.378 e. The minimum Gasteiger partial charge on any atom is -0.378 e. The van der Waals surface area contributed by atoms with Gasteiger partial charge in [0.25, 0.3) is 11.6 Å². The molecule has 1 amide bonds. The summed E-state index contributed by atoms with van der Waals surface area (Å²) in [6, 6.07) is 17.6. The highest BCUT2D eigenvalue weighted by Gasteiger charge is 2.16. The first-order chi connectivity index (χ1) is 16.9. The molecule has 2 heterocycles. The summed E-state index contributed by atoms with van der Waals surface area (Å²) in [6.07, 6.45) is 1.54. The highest BCUT2D eigenvalue weighted by atomic mass is 16.6. The van der Waals surface area contributed by atoms with Crippen LogP contribution in [0.5, 0.6) is 0 Å². The van der Waals surface area contributed by atoms with Crippen LogP contribution in [0, 0.1) is 35.3 Å². The highest BCUT2D eigenvalue weighted by molar-refractivity contribution is 6.09. The number of nitro groups is 1. The van der Waals surface area contributed by atoms with Crippen LogP contribution in [-0.2, 0) is 9.53 Å². The molecule has 178 valence electrons. The topological polar surface area (TPSA) is 113 Å². The second-order valence-electron chi connectivity index (χ2n) is 8.21. The molecule has 1 aliphatic rings. The van der Waals surface area contributed by atoms with Crippen LogP contribution in [-0.4, -0.2) is 41.7 Å². The number of nitrogens with zero attached hydrogens (tertiary/aromatic N) is 4. The van der Waals surface area contributed by atoms with E-state index in [0.29, 0.717) is 30.2 Å². The molecule has 35 heavy (non-hydrogen) atoms. The number of benzene rings is 2. The van der Waals surface area contributed by atoms with Gasteiger partial charge in [0.15, 0.2) is 0 Å². The van der Waals surface area contributed by atoms with Crippen molar-refractivity contribution in [1.29, 1.82) is 5.26 Å². The Bertz CT molecular complexity index is 1330. The molecule has 9 nitrogen and oxygen atoms in total. The van der Waals surface area contributed by atoms with Gasteiger partial charge in [0.2, 0.25) is 0 Å². The minimum atomic E-state index is -0.508. The van der Waals surface area contributed by atoms with Gasteiger partial charge in [-0.1, -0.05) is 6.07 Å². The van der Waals surface area contributed by atoms with Gasteiger partial charge in [0.05, 0.1) is 23.8 Å². The van der Waals surface area contributed by atoms with Crippen molar-refractivity contribution in [3.05, 3.63) is 87.2 Å². The number of aromatic nitrogens is 1. The van der Waals surface area contributed by atoms with Crippen LogP contribution in [0.1, 0.15) is 17.0 Å². The Hall–Kier alpha value is -4.42. The highest BCUT2D eigenvalue weighted by Crippen LogP contribution is 2.26. The number of non-ortho nitro benzene ring substituents is 1. The number of amides is 1. The number of carbonyl (C=O) groups excluding carboxylic acids is 1.